The van der Waals surface area contributed by atoms with Gasteiger partial charge >= 0.3 is 0 Å². The van der Waals surface area contributed by atoms with Crippen LogP contribution in [0.5, 0.6) is 0 Å². The van der Waals surface area contributed by atoms with E-state index in [9.17, 15) is 0 Å². The largest absolute Gasteiger partial charge is 0.379 e. The van der Waals surface area contributed by atoms with Crippen molar-refractivity contribution in [3.05, 3.63) is 0 Å². The van der Waals surface area contributed by atoms with Gasteiger partial charge in [-0.05, 0) is 13.8 Å². The minimum absolute atomic E-state index is 0.274. The Bertz CT molecular complexity index is 573. The van der Waals surface area contributed by atoms with Gasteiger partial charge in [0.2, 0.25) is 0 Å². The van der Waals surface area contributed by atoms with Gasteiger partial charge in [-0.1, -0.05) is 23.7 Å². The van der Waals surface area contributed by atoms with Gasteiger partial charge in [0.1, 0.15) is 26.4 Å². The molecule has 0 unspecified atom stereocenters. The summed E-state index contributed by atoms with van der Waals surface area (Å²) >= 11 is 0. The number of nitrogens with zero attached hydrogens (tertiary/aromatic N) is 2. The highest BCUT2D eigenvalue weighted by molar-refractivity contribution is 5.03. The van der Waals surface area contributed by atoms with Crippen LogP contribution in [0.4, 0.5) is 0 Å². The molecule has 8 heteroatoms. The summed E-state index contributed by atoms with van der Waals surface area (Å²) in [7, 11) is 0. The highest BCUT2D eigenvalue weighted by atomic mass is 16.8. The van der Waals surface area contributed by atoms with E-state index in [1.54, 1.807) is 0 Å². The molecule has 168 valence electrons. The zero-order valence-corrected chi connectivity index (χ0v) is 18.2. The topological polar surface area (TPSA) is 61.9 Å². The first kappa shape index (κ1) is 23.5. The Morgan fingerprint density at radius 2 is 1.07 bits per heavy atom. The van der Waals surface area contributed by atoms with Gasteiger partial charge in [0.25, 0.3) is 0 Å². The van der Waals surface area contributed by atoms with Crippen molar-refractivity contribution in [2.75, 3.05) is 92.1 Å². The first-order chi connectivity index (χ1) is 14.6. The van der Waals surface area contributed by atoms with Crippen molar-refractivity contribution >= 4 is 0 Å². The van der Waals surface area contributed by atoms with Gasteiger partial charge in [-0.25, -0.2) is 0 Å². The highest BCUT2D eigenvalue weighted by Gasteiger charge is 2.40. The molecule has 0 bridgehead atoms. The Balaban J connectivity index is 1.29. The van der Waals surface area contributed by atoms with Crippen LogP contribution in [0.1, 0.15) is 13.8 Å². The van der Waals surface area contributed by atoms with Gasteiger partial charge in [-0.15, -0.1) is 0 Å². The predicted molar refractivity (Wildman–Crippen MR) is 111 cm³/mol. The van der Waals surface area contributed by atoms with E-state index in [2.05, 4.69) is 33.5 Å². The van der Waals surface area contributed by atoms with Crippen molar-refractivity contribution in [3.63, 3.8) is 0 Å². The van der Waals surface area contributed by atoms with E-state index in [0.29, 0.717) is 13.2 Å². The van der Waals surface area contributed by atoms with Gasteiger partial charge in [-0.3, -0.25) is 9.80 Å². The van der Waals surface area contributed by atoms with Crippen molar-refractivity contribution in [1.29, 1.82) is 0 Å². The zero-order chi connectivity index (χ0) is 21.1. The number of rotatable bonds is 6. The molecule has 0 aliphatic carbocycles. The lowest BCUT2D eigenvalue weighted by Gasteiger charge is -2.41. The van der Waals surface area contributed by atoms with Crippen LogP contribution in [0.25, 0.3) is 0 Å². The van der Waals surface area contributed by atoms with Crippen LogP contribution in [0.2, 0.25) is 0 Å². The summed E-state index contributed by atoms with van der Waals surface area (Å²) in [5.74, 6) is 10.7. The molecule has 0 aromatic rings. The highest BCUT2D eigenvalue weighted by Crippen LogP contribution is 2.27. The van der Waals surface area contributed by atoms with Crippen LogP contribution in [0.15, 0.2) is 0 Å². The molecule has 0 aromatic carbocycles. The first-order valence-electron chi connectivity index (χ1n) is 10.6. The molecule has 2 atom stereocenters. The first-order valence-corrected chi connectivity index (χ1v) is 10.6. The Kier molecular flexibility index (Phi) is 9.38. The van der Waals surface area contributed by atoms with E-state index >= 15 is 0 Å². The Morgan fingerprint density at radius 3 is 1.43 bits per heavy atom. The van der Waals surface area contributed by atoms with E-state index in [1.807, 2.05) is 13.8 Å². The van der Waals surface area contributed by atoms with Gasteiger partial charge < -0.3 is 28.4 Å². The number of ether oxygens (including phenoxy) is 6. The summed E-state index contributed by atoms with van der Waals surface area (Å²) in [6, 6.07) is 0. The van der Waals surface area contributed by atoms with Crippen LogP contribution >= 0.6 is 0 Å². The number of morpholine rings is 2. The summed E-state index contributed by atoms with van der Waals surface area (Å²) in [4.78, 5) is 4.54. The zero-order valence-electron chi connectivity index (χ0n) is 18.2. The summed E-state index contributed by atoms with van der Waals surface area (Å²) in [6.45, 7) is 13.2. The maximum absolute atomic E-state index is 5.89. The SMILES string of the molecule is C[C@@]1(OCC#CCN2CCOCC2)CO[C@](C)(OCC#CCN2CCOCC2)CO1. The minimum atomic E-state index is -0.821. The third kappa shape index (κ3) is 8.14. The molecule has 0 amide bonds. The molecule has 3 fully saturated rings. The van der Waals surface area contributed by atoms with Crippen molar-refractivity contribution in [2.24, 2.45) is 0 Å². The molecule has 0 spiro atoms. The average molecular weight is 423 g/mol. The molecule has 0 saturated carbocycles. The quantitative estimate of drug-likeness (QED) is 0.562. The smallest absolute Gasteiger partial charge is 0.190 e. The Hall–Kier alpha value is -1.20. The lowest BCUT2D eigenvalue weighted by molar-refractivity contribution is -0.370. The molecular weight excluding hydrogens is 388 g/mol. The van der Waals surface area contributed by atoms with Gasteiger partial charge in [0.15, 0.2) is 11.6 Å². The van der Waals surface area contributed by atoms with Crippen LogP contribution in [0, 0.1) is 23.7 Å². The van der Waals surface area contributed by atoms with Crippen molar-refractivity contribution in [2.45, 2.75) is 25.4 Å². The third-order valence-electron chi connectivity index (χ3n) is 5.24. The molecule has 3 aliphatic rings. The molecule has 0 radical (unpaired) electrons. The normalized spacial score (nSPS) is 30.7. The fourth-order valence-electron chi connectivity index (χ4n) is 3.15. The summed E-state index contributed by atoms with van der Waals surface area (Å²) in [6.07, 6.45) is 0. The van der Waals surface area contributed by atoms with E-state index < -0.39 is 11.6 Å². The maximum Gasteiger partial charge on any atom is 0.190 e. The summed E-state index contributed by atoms with van der Waals surface area (Å²) in [5.41, 5.74) is 0. The summed E-state index contributed by atoms with van der Waals surface area (Å²) in [5, 5.41) is 0. The molecule has 0 N–H and O–H groups in total. The molecule has 30 heavy (non-hydrogen) atoms. The average Bonchev–Trinajstić information content (AvgIpc) is 2.77. The van der Waals surface area contributed by atoms with Crippen LogP contribution in [-0.2, 0) is 28.4 Å². The lowest BCUT2D eigenvalue weighted by atomic mass is 10.2. The molecule has 3 heterocycles. The molecule has 3 rings (SSSR count). The van der Waals surface area contributed by atoms with Gasteiger partial charge in [0.05, 0.1) is 39.5 Å². The molecular formula is C22H34N2O6. The second kappa shape index (κ2) is 12.0. The fraction of sp³-hybridized carbons (Fsp3) is 0.818. The van der Waals surface area contributed by atoms with Crippen molar-refractivity contribution in [3.8, 4) is 23.7 Å². The van der Waals surface area contributed by atoms with Gasteiger partial charge in [0, 0.05) is 26.2 Å². The third-order valence-corrected chi connectivity index (χ3v) is 5.24. The number of hydrogen-bond acceptors (Lipinski definition) is 8. The summed E-state index contributed by atoms with van der Waals surface area (Å²) < 4.78 is 34.0. The minimum Gasteiger partial charge on any atom is -0.379 e. The monoisotopic (exact) mass is 422 g/mol. The predicted octanol–water partition coefficient (Wildman–Crippen LogP) is 0.170. The van der Waals surface area contributed by atoms with E-state index in [4.69, 9.17) is 28.4 Å². The molecule has 3 saturated heterocycles. The second-order valence-electron chi connectivity index (χ2n) is 7.91. The lowest BCUT2D eigenvalue weighted by Crippen LogP contribution is -2.53. The number of hydrogen-bond donors (Lipinski definition) is 0. The van der Waals surface area contributed by atoms with Gasteiger partial charge in [-0.2, -0.15) is 0 Å². The Labute approximate surface area is 180 Å². The van der Waals surface area contributed by atoms with E-state index in [-0.39, 0.29) is 13.2 Å². The van der Waals surface area contributed by atoms with E-state index in [1.165, 1.54) is 0 Å². The molecule has 0 aromatic heterocycles. The fourth-order valence-corrected chi connectivity index (χ4v) is 3.15. The molecule has 8 nitrogen and oxygen atoms in total. The van der Waals surface area contributed by atoms with Crippen molar-refractivity contribution < 1.29 is 28.4 Å². The van der Waals surface area contributed by atoms with Crippen LogP contribution in [-0.4, -0.2) is 113 Å². The second-order valence-corrected chi connectivity index (χ2v) is 7.91. The Morgan fingerprint density at radius 1 is 0.667 bits per heavy atom. The maximum atomic E-state index is 5.89. The van der Waals surface area contributed by atoms with Crippen molar-refractivity contribution in [1.82, 2.24) is 9.80 Å². The van der Waals surface area contributed by atoms with Crippen LogP contribution in [0.3, 0.4) is 0 Å². The van der Waals surface area contributed by atoms with E-state index in [0.717, 1.165) is 65.7 Å². The van der Waals surface area contributed by atoms with Crippen LogP contribution < -0.4 is 0 Å². The standard InChI is InChI=1S/C22H34N2O6/c1-21(27-13-5-3-7-23-9-15-25-16-10-23)19-30-22(2,20-29-21)28-14-6-4-8-24-11-17-26-18-12-24/h7-20H2,1-2H3/t21-,22-/m0/s1. The molecule has 3 aliphatic heterocycles.